The number of H-pyrrole nitrogens is 1. The van der Waals surface area contributed by atoms with E-state index in [0.717, 1.165) is 35.4 Å². The monoisotopic (exact) mass is 428 g/mol. The Hall–Kier alpha value is -2.42. The van der Waals surface area contributed by atoms with Gasteiger partial charge in [-0.2, -0.15) is 4.31 Å². The lowest BCUT2D eigenvalue weighted by molar-refractivity contribution is 0.178. The number of aryl methyl sites for hydroxylation is 1. The number of nitrogens with zero attached hydrogens (tertiary/aromatic N) is 3. The average Bonchev–Trinajstić information content (AvgIpc) is 3.16. The topological polar surface area (TPSA) is 78.5 Å². The highest BCUT2D eigenvalue weighted by Gasteiger charge is 2.28. The van der Waals surface area contributed by atoms with E-state index in [1.807, 2.05) is 30.3 Å². The van der Waals surface area contributed by atoms with Crippen molar-refractivity contribution in [3.63, 3.8) is 0 Å². The number of nitrogens with one attached hydrogen (secondary N) is 1. The Kier molecular flexibility index (Phi) is 6.08. The third kappa shape index (κ3) is 4.35. The van der Waals surface area contributed by atoms with Crippen molar-refractivity contribution in [2.75, 3.05) is 33.3 Å². The second-order valence-corrected chi connectivity index (χ2v) is 9.58. The van der Waals surface area contributed by atoms with Crippen molar-refractivity contribution in [1.29, 1.82) is 0 Å². The molecule has 1 aliphatic rings. The van der Waals surface area contributed by atoms with Crippen LogP contribution in [0.25, 0.3) is 11.0 Å². The summed E-state index contributed by atoms with van der Waals surface area (Å²) in [6.07, 6.45) is 2.01. The molecule has 0 amide bonds. The van der Waals surface area contributed by atoms with Crippen molar-refractivity contribution in [3.8, 4) is 5.75 Å². The van der Waals surface area contributed by atoms with E-state index < -0.39 is 10.0 Å². The van der Waals surface area contributed by atoms with Gasteiger partial charge in [-0.05, 0) is 36.2 Å². The van der Waals surface area contributed by atoms with Crippen LogP contribution in [-0.2, 0) is 23.0 Å². The minimum Gasteiger partial charge on any atom is -0.497 e. The summed E-state index contributed by atoms with van der Waals surface area (Å²) in [6.45, 7) is 5.09. The van der Waals surface area contributed by atoms with Crippen LogP contribution in [0.1, 0.15) is 24.7 Å². The number of sulfonamides is 1. The number of imidazole rings is 1. The molecule has 4 rings (SSSR count). The molecule has 0 radical (unpaired) electrons. The first kappa shape index (κ1) is 20.8. The first-order chi connectivity index (χ1) is 14.5. The highest BCUT2D eigenvalue weighted by molar-refractivity contribution is 7.89. The van der Waals surface area contributed by atoms with Crippen molar-refractivity contribution >= 4 is 21.1 Å². The minimum absolute atomic E-state index is 0.377. The molecule has 160 valence electrons. The van der Waals surface area contributed by atoms with Gasteiger partial charge < -0.3 is 9.72 Å². The second kappa shape index (κ2) is 8.75. The van der Waals surface area contributed by atoms with Crippen LogP contribution in [0.4, 0.5) is 0 Å². The first-order valence-corrected chi connectivity index (χ1v) is 11.8. The summed E-state index contributed by atoms with van der Waals surface area (Å²) in [5.41, 5.74) is 3.01. The number of ether oxygens (including phenoxy) is 1. The van der Waals surface area contributed by atoms with Gasteiger partial charge in [0.05, 0.1) is 29.6 Å². The fourth-order valence-electron chi connectivity index (χ4n) is 3.85. The number of methoxy groups -OCH3 is 1. The van der Waals surface area contributed by atoms with Gasteiger partial charge in [-0.15, -0.1) is 0 Å². The van der Waals surface area contributed by atoms with Crippen LogP contribution in [0, 0.1) is 0 Å². The van der Waals surface area contributed by atoms with Gasteiger partial charge in [0.2, 0.25) is 10.0 Å². The van der Waals surface area contributed by atoms with Crippen molar-refractivity contribution in [3.05, 3.63) is 53.9 Å². The number of benzene rings is 2. The van der Waals surface area contributed by atoms with E-state index in [4.69, 9.17) is 4.74 Å². The molecule has 1 aliphatic heterocycles. The fraction of sp³-hybridized carbons (Fsp3) is 0.409. The van der Waals surface area contributed by atoms with E-state index in [-0.39, 0.29) is 0 Å². The molecule has 30 heavy (non-hydrogen) atoms. The van der Waals surface area contributed by atoms with E-state index in [1.165, 1.54) is 5.56 Å². The van der Waals surface area contributed by atoms with Gasteiger partial charge in [-0.1, -0.05) is 25.5 Å². The Labute approximate surface area is 177 Å². The third-order valence-corrected chi connectivity index (χ3v) is 7.46. The van der Waals surface area contributed by atoms with Gasteiger partial charge in [0.15, 0.2) is 0 Å². The third-order valence-electron chi connectivity index (χ3n) is 5.54. The maximum Gasteiger partial charge on any atom is 0.243 e. The summed E-state index contributed by atoms with van der Waals surface area (Å²) in [4.78, 5) is 10.6. The molecule has 0 bridgehead atoms. The number of aromatic nitrogens is 2. The van der Waals surface area contributed by atoms with Crippen LogP contribution < -0.4 is 4.74 Å². The van der Waals surface area contributed by atoms with Gasteiger partial charge in [-0.25, -0.2) is 13.4 Å². The van der Waals surface area contributed by atoms with Crippen molar-refractivity contribution in [1.82, 2.24) is 19.2 Å². The molecular weight excluding hydrogens is 400 g/mol. The van der Waals surface area contributed by atoms with E-state index >= 15 is 0 Å². The molecule has 0 unspecified atom stereocenters. The van der Waals surface area contributed by atoms with Gasteiger partial charge in [0, 0.05) is 32.2 Å². The maximum absolute atomic E-state index is 13.0. The number of piperazine rings is 1. The zero-order valence-electron chi connectivity index (χ0n) is 17.5. The zero-order valence-corrected chi connectivity index (χ0v) is 18.3. The highest BCUT2D eigenvalue weighted by atomic mass is 32.2. The molecule has 2 aromatic carbocycles. The van der Waals surface area contributed by atoms with Crippen LogP contribution in [0.2, 0.25) is 0 Å². The van der Waals surface area contributed by atoms with E-state index in [2.05, 4.69) is 21.8 Å². The van der Waals surface area contributed by atoms with E-state index in [9.17, 15) is 8.42 Å². The largest absolute Gasteiger partial charge is 0.497 e. The highest BCUT2D eigenvalue weighted by Crippen LogP contribution is 2.21. The van der Waals surface area contributed by atoms with Gasteiger partial charge in [0.1, 0.15) is 11.6 Å². The van der Waals surface area contributed by atoms with Gasteiger partial charge >= 0.3 is 0 Å². The lowest BCUT2D eigenvalue weighted by Gasteiger charge is -2.33. The normalized spacial score (nSPS) is 16.2. The molecule has 8 heteroatoms. The average molecular weight is 429 g/mol. The van der Waals surface area contributed by atoms with Crippen LogP contribution in [0.3, 0.4) is 0 Å². The fourth-order valence-corrected chi connectivity index (χ4v) is 5.27. The van der Waals surface area contributed by atoms with E-state index in [1.54, 1.807) is 23.5 Å². The van der Waals surface area contributed by atoms with Crippen LogP contribution >= 0.6 is 0 Å². The summed E-state index contributed by atoms with van der Waals surface area (Å²) < 4.78 is 32.8. The molecule has 7 nitrogen and oxygen atoms in total. The Morgan fingerprint density at radius 1 is 1.07 bits per heavy atom. The zero-order chi connectivity index (χ0) is 21.1. The van der Waals surface area contributed by atoms with Crippen LogP contribution in [0.5, 0.6) is 5.75 Å². The molecule has 1 aromatic heterocycles. The molecule has 1 saturated heterocycles. The quantitative estimate of drug-likeness (QED) is 0.626. The molecule has 3 aromatic rings. The van der Waals surface area contributed by atoms with Gasteiger partial charge in [0.25, 0.3) is 0 Å². The maximum atomic E-state index is 13.0. The van der Waals surface area contributed by atoms with Gasteiger partial charge in [-0.3, -0.25) is 4.90 Å². The molecule has 0 aliphatic carbocycles. The Morgan fingerprint density at radius 2 is 1.80 bits per heavy atom. The summed E-state index contributed by atoms with van der Waals surface area (Å²) in [6, 6.07) is 13.1. The van der Waals surface area contributed by atoms with Crippen molar-refractivity contribution in [2.24, 2.45) is 0 Å². The molecule has 0 spiro atoms. The standard InChI is InChI=1S/C22H28N4O3S/c1-3-4-17-5-8-19(9-6-17)30(27,28)26-13-11-25(12-14-26)16-22-23-20-10-7-18(29-2)15-21(20)24-22/h5-10,15H,3-4,11-14,16H2,1-2H3,(H,23,24). The first-order valence-electron chi connectivity index (χ1n) is 10.3. The predicted octanol–water partition coefficient (Wildman–Crippen LogP) is 3.03. The molecule has 2 heterocycles. The lowest BCUT2D eigenvalue weighted by atomic mass is 10.1. The number of rotatable bonds is 7. The summed E-state index contributed by atoms with van der Waals surface area (Å²) >= 11 is 0. The smallest absolute Gasteiger partial charge is 0.243 e. The molecule has 1 fully saturated rings. The minimum atomic E-state index is -3.45. The lowest BCUT2D eigenvalue weighted by Crippen LogP contribution is -2.48. The molecule has 0 saturated carbocycles. The Bertz CT molecular complexity index is 1100. The number of aromatic amines is 1. The molecule has 1 N–H and O–H groups in total. The number of hydrogen-bond donors (Lipinski definition) is 1. The summed E-state index contributed by atoms with van der Waals surface area (Å²) in [5, 5.41) is 0. The van der Waals surface area contributed by atoms with Crippen LogP contribution in [-0.4, -0.2) is 60.9 Å². The van der Waals surface area contributed by atoms with Crippen molar-refractivity contribution < 1.29 is 13.2 Å². The second-order valence-electron chi connectivity index (χ2n) is 7.64. The number of hydrogen-bond acceptors (Lipinski definition) is 5. The SMILES string of the molecule is CCCc1ccc(S(=O)(=O)N2CCN(Cc3nc4ccc(OC)cc4[nH]3)CC2)cc1. The molecule has 0 atom stereocenters. The Morgan fingerprint density at radius 3 is 2.47 bits per heavy atom. The molecular formula is C22H28N4O3S. The Balaban J connectivity index is 1.38. The predicted molar refractivity (Wildman–Crippen MR) is 117 cm³/mol. The van der Waals surface area contributed by atoms with E-state index in [0.29, 0.717) is 37.6 Å². The summed E-state index contributed by atoms with van der Waals surface area (Å²) in [7, 11) is -1.80. The number of fused-ring (bicyclic) bond motifs is 1. The van der Waals surface area contributed by atoms with Crippen LogP contribution in [0.15, 0.2) is 47.4 Å². The van der Waals surface area contributed by atoms with Crippen molar-refractivity contribution in [2.45, 2.75) is 31.2 Å². The summed E-state index contributed by atoms with van der Waals surface area (Å²) in [5.74, 6) is 1.67.